The van der Waals surface area contributed by atoms with Crippen molar-refractivity contribution in [2.45, 2.75) is 31.1 Å². The van der Waals surface area contributed by atoms with Crippen molar-refractivity contribution in [2.24, 2.45) is 17.8 Å². The van der Waals surface area contributed by atoms with Gasteiger partial charge in [0.15, 0.2) is 0 Å². The standard InChI is InChI=1S/C66H52/c1-2-47-22-9-10-25-55(47)56-38-36-52(43-54(56)40-45-18-5-3-6-19-45)51-24-17-23-50(42-51)48-32-34-49(35-33-48)61(41-46-20-7-4-8-21-46)53-37-39-60-59-28-13-16-31-64(59)66(65(60)44-53)62-29-14-11-26-57(62)58-27-12-15-30-63(58)66/h2-34,36-39,42-43,49,53,61H,1,35,40-41,44H2. The molecular weight excluding hydrogens is 793 g/mol. The van der Waals surface area contributed by atoms with Gasteiger partial charge < -0.3 is 0 Å². The maximum atomic E-state index is 4.14. The third kappa shape index (κ3) is 6.74. The molecule has 0 heterocycles. The zero-order valence-corrected chi connectivity index (χ0v) is 37.3. The van der Waals surface area contributed by atoms with Crippen LogP contribution in [0.3, 0.4) is 0 Å². The van der Waals surface area contributed by atoms with E-state index in [0.717, 1.165) is 31.2 Å². The molecular formula is C66H52. The zero-order valence-electron chi connectivity index (χ0n) is 37.3. The Kier molecular flexibility index (Phi) is 10.2. The van der Waals surface area contributed by atoms with Crippen LogP contribution in [-0.4, -0.2) is 0 Å². The molecule has 3 atom stereocenters. The minimum Gasteiger partial charge on any atom is -0.0984 e. The molecule has 4 aliphatic carbocycles. The fraction of sp³-hybridized carbons (Fsp3) is 0.121. The molecule has 1 spiro atoms. The third-order valence-electron chi connectivity index (χ3n) is 15.2. The van der Waals surface area contributed by atoms with Crippen LogP contribution < -0.4 is 0 Å². The summed E-state index contributed by atoms with van der Waals surface area (Å²) in [5.41, 5.74) is 23.9. The Balaban J connectivity index is 0.865. The lowest BCUT2D eigenvalue weighted by Crippen LogP contribution is -2.32. The summed E-state index contributed by atoms with van der Waals surface area (Å²) >= 11 is 0. The summed E-state index contributed by atoms with van der Waals surface area (Å²) in [6, 6.07) is 74.5. The van der Waals surface area contributed by atoms with Gasteiger partial charge in [0, 0.05) is 0 Å². The number of hydrogen-bond acceptors (Lipinski definition) is 0. The van der Waals surface area contributed by atoms with E-state index in [0.29, 0.717) is 17.8 Å². The molecule has 66 heavy (non-hydrogen) atoms. The minimum atomic E-state index is -0.279. The van der Waals surface area contributed by atoms with Crippen LogP contribution in [0.4, 0.5) is 0 Å². The summed E-state index contributed by atoms with van der Waals surface area (Å²) in [6.07, 6.45) is 18.5. The highest BCUT2D eigenvalue weighted by Crippen LogP contribution is 2.64. The van der Waals surface area contributed by atoms with Gasteiger partial charge in [-0.3, -0.25) is 0 Å². The number of rotatable bonds is 10. The average Bonchev–Trinajstić information content (AvgIpc) is 3.86. The van der Waals surface area contributed by atoms with Crippen molar-refractivity contribution < 1.29 is 0 Å². The summed E-state index contributed by atoms with van der Waals surface area (Å²) in [6.45, 7) is 4.14. The number of benzene rings is 8. The second-order valence-electron chi connectivity index (χ2n) is 18.7. The van der Waals surface area contributed by atoms with Crippen LogP contribution in [0.1, 0.15) is 62.9 Å². The van der Waals surface area contributed by atoms with Crippen LogP contribution in [0.15, 0.2) is 243 Å². The maximum absolute atomic E-state index is 4.14. The molecule has 0 saturated carbocycles. The Labute approximate surface area is 390 Å². The molecule has 0 fully saturated rings. The summed E-state index contributed by atoms with van der Waals surface area (Å²) in [7, 11) is 0. The van der Waals surface area contributed by atoms with Crippen LogP contribution >= 0.6 is 0 Å². The number of fused-ring (bicyclic) bond motifs is 9. The van der Waals surface area contributed by atoms with Gasteiger partial charge in [0.1, 0.15) is 0 Å². The molecule has 3 unspecified atom stereocenters. The van der Waals surface area contributed by atoms with E-state index in [1.165, 1.54) is 89.0 Å². The fourth-order valence-electron chi connectivity index (χ4n) is 12.2. The topological polar surface area (TPSA) is 0 Å². The lowest BCUT2D eigenvalue weighted by Gasteiger charge is -2.38. The molecule has 8 aromatic rings. The molecule has 0 amide bonds. The Hall–Kier alpha value is -7.54. The molecule has 0 bridgehead atoms. The molecule has 0 saturated heterocycles. The molecule has 0 aromatic heterocycles. The highest BCUT2D eigenvalue weighted by molar-refractivity contribution is 5.97. The van der Waals surface area contributed by atoms with Crippen LogP contribution in [0.5, 0.6) is 0 Å². The van der Waals surface area contributed by atoms with E-state index in [1.54, 1.807) is 5.57 Å². The molecule has 0 N–H and O–H groups in total. The fourth-order valence-corrected chi connectivity index (χ4v) is 12.2. The number of allylic oxidation sites excluding steroid dienone is 8. The smallest absolute Gasteiger partial charge is 0.0688 e. The van der Waals surface area contributed by atoms with Crippen molar-refractivity contribution in [3.05, 3.63) is 293 Å². The summed E-state index contributed by atoms with van der Waals surface area (Å²) in [4.78, 5) is 0. The van der Waals surface area contributed by atoms with Gasteiger partial charge in [-0.25, -0.2) is 0 Å². The van der Waals surface area contributed by atoms with E-state index < -0.39 is 0 Å². The summed E-state index contributed by atoms with van der Waals surface area (Å²) < 4.78 is 0. The molecule has 8 aromatic carbocycles. The van der Waals surface area contributed by atoms with Crippen LogP contribution in [0.25, 0.3) is 50.6 Å². The molecule has 4 aliphatic rings. The van der Waals surface area contributed by atoms with Crippen molar-refractivity contribution in [2.75, 3.05) is 0 Å². The normalized spacial score (nSPS) is 17.7. The van der Waals surface area contributed by atoms with Crippen molar-refractivity contribution >= 4 is 17.2 Å². The molecule has 0 nitrogen and oxygen atoms in total. The van der Waals surface area contributed by atoms with Crippen molar-refractivity contribution in [3.8, 4) is 33.4 Å². The highest BCUT2D eigenvalue weighted by Gasteiger charge is 2.53. The predicted molar refractivity (Wildman–Crippen MR) is 278 cm³/mol. The van der Waals surface area contributed by atoms with E-state index in [2.05, 4.69) is 237 Å². The Morgan fingerprint density at radius 2 is 1.09 bits per heavy atom. The highest BCUT2D eigenvalue weighted by atomic mass is 14.5. The van der Waals surface area contributed by atoms with Gasteiger partial charge in [-0.05, 0) is 150 Å². The van der Waals surface area contributed by atoms with E-state index in [9.17, 15) is 0 Å². The Morgan fingerprint density at radius 1 is 0.500 bits per heavy atom. The number of hydrogen-bond donors (Lipinski definition) is 0. The van der Waals surface area contributed by atoms with E-state index in [4.69, 9.17) is 0 Å². The van der Waals surface area contributed by atoms with Crippen LogP contribution in [0, 0.1) is 17.8 Å². The monoisotopic (exact) mass is 844 g/mol. The zero-order chi connectivity index (χ0) is 44.0. The van der Waals surface area contributed by atoms with E-state index in [-0.39, 0.29) is 5.41 Å². The molecule has 12 rings (SSSR count). The Bertz CT molecular complexity index is 3230. The third-order valence-corrected chi connectivity index (χ3v) is 15.2. The van der Waals surface area contributed by atoms with Gasteiger partial charge in [0.2, 0.25) is 0 Å². The van der Waals surface area contributed by atoms with Gasteiger partial charge in [-0.1, -0.05) is 237 Å². The molecule has 0 aliphatic heterocycles. The minimum absolute atomic E-state index is 0.279. The first kappa shape index (κ1) is 40.0. The van der Waals surface area contributed by atoms with Crippen molar-refractivity contribution in [3.63, 3.8) is 0 Å². The average molecular weight is 845 g/mol. The maximum Gasteiger partial charge on any atom is 0.0688 e. The largest absolute Gasteiger partial charge is 0.0984 e. The van der Waals surface area contributed by atoms with Gasteiger partial charge in [0.05, 0.1) is 5.41 Å². The van der Waals surface area contributed by atoms with Crippen LogP contribution in [-0.2, 0) is 18.3 Å². The second-order valence-corrected chi connectivity index (χ2v) is 18.7. The second kappa shape index (κ2) is 16.8. The lowest BCUT2D eigenvalue weighted by molar-refractivity contribution is 0.295. The SMILES string of the molecule is C=Cc1ccccc1-c1ccc(-c2cccc(C3=CCC(C(Cc4ccccc4)C4C=CC5=C(C4)C4(c6ccccc65)c5ccccc5-c5ccccc54)C=C3)c2)cc1Cc1ccccc1. The Morgan fingerprint density at radius 3 is 1.79 bits per heavy atom. The van der Waals surface area contributed by atoms with Crippen molar-refractivity contribution in [1.29, 1.82) is 0 Å². The lowest BCUT2D eigenvalue weighted by atomic mass is 9.64. The first-order chi connectivity index (χ1) is 32.7. The van der Waals surface area contributed by atoms with Crippen molar-refractivity contribution in [1.82, 2.24) is 0 Å². The first-order valence-electron chi connectivity index (χ1n) is 23.8. The quantitative estimate of drug-likeness (QED) is 0.129. The molecule has 0 heteroatoms. The molecule has 0 radical (unpaired) electrons. The summed E-state index contributed by atoms with van der Waals surface area (Å²) in [5, 5.41) is 0. The predicted octanol–water partition coefficient (Wildman–Crippen LogP) is 16.4. The van der Waals surface area contributed by atoms with Gasteiger partial charge in [0.25, 0.3) is 0 Å². The van der Waals surface area contributed by atoms with Gasteiger partial charge in [-0.15, -0.1) is 0 Å². The van der Waals surface area contributed by atoms with Gasteiger partial charge in [-0.2, -0.15) is 0 Å². The summed E-state index contributed by atoms with van der Waals surface area (Å²) in [5.74, 6) is 1.22. The van der Waals surface area contributed by atoms with E-state index >= 15 is 0 Å². The van der Waals surface area contributed by atoms with Crippen LogP contribution in [0.2, 0.25) is 0 Å². The van der Waals surface area contributed by atoms with Gasteiger partial charge >= 0.3 is 0 Å². The van der Waals surface area contributed by atoms with E-state index in [1.807, 2.05) is 6.08 Å². The molecule has 316 valence electrons. The first-order valence-corrected chi connectivity index (χ1v) is 23.8.